The highest BCUT2D eigenvalue weighted by molar-refractivity contribution is 7.87. The van der Waals surface area contributed by atoms with E-state index in [1.807, 2.05) is 0 Å². The van der Waals surface area contributed by atoms with Crippen LogP contribution in [-0.4, -0.2) is 33.5 Å². The smallest absolute Gasteiger partial charge is 0.277 e. The number of carbonyl (C=O) groups excluding carboxylic acids is 1. The van der Waals surface area contributed by atoms with Crippen molar-refractivity contribution in [1.82, 2.24) is 14.8 Å². The molecule has 0 spiro atoms. The zero-order valence-electron chi connectivity index (χ0n) is 10.2. The maximum absolute atomic E-state index is 11.6. The van der Waals surface area contributed by atoms with E-state index in [-0.39, 0.29) is 11.9 Å². The Labute approximate surface area is 103 Å². The lowest BCUT2D eigenvalue weighted by Crippen LogP contribution is -2.42. The van der Waals surface area contributed by atoms with E-state index in [0.717, 1.165) is 25.7 Å². The number of hydrogen-bond acceptors (Lipinski definition) is 3. The molecule has 0 heterocycles. The normalized spacial score (nSPS) is 17.2. The van der Waals surface area contributed by atoms with Crippen LogP contribution < -0.4 is 14.8 Å². The van der Waals surface area contributed by atoms with Crippen LogP contribution in [0.25, 0.3) is 0 Å². The molecule has 1 fully saturated rings. The van der Waals surface area contributed by atoms with Gasteiger partial charge in [0.1, 0.15) is 0 Å². The minimum atomic E-state index is -3.38. The van der Waals surface area contributed by atoms with Crippen LogP contribution in [0.2, 0.25) is 0 Å². The highest BCUT2D eigenvalue weighted by Gasteiger charge is 2.20. The Morgan fingerprint density at radius 1 is 1.24 bits per heavy atom. The molecule has 0 aromatic rings. The first-order chi connectivity index (χ1) is 7.99. The minimum absolute atomic E-state index is 0.0860. The van der Waals surface area contributed by atoms with Crippen LogP contribution in [0.15, 0.2) is 0 Å². The molecule has 17 heavy (non-hydrogen) atoms. The molecule has 6 nitrogen and oxygen atoms in total. The molecule has 100 valence electrons. The molecule has 1 aliphatic carbocycles. The maximum atomic E-state index is 11.6. The molecular weight excluding hydrogens is 242 g/mol. The second kappa shape index (κ2) is 6.93. The molecule has 0 radical (unpaired) electrons. The van der Waals surface area contributed by atoms with E-state index in [2.05, 4.69) is 14.8 Å². The van der Waals surface area contributed by atoms with Gasteiger partial charge < -0.3 is 5.32 Å². The summed E-state index contributed by atoms with van der Waals surface area (Å²) < 4.78 is 28.2. The molecule has 0 aromatic carbocycles. The fourth-order valence-corrected chi connectivity index (χ4v) is 3.04. The molecule has 1 rings (SSSR count). The average molecular weight is 263 g/mol. The van der Waals surface area contributed by atoms with Gasteiger partial charge in [-0.2, -0.15) is 13.1 Å². The third kappa shape index (κ3) is 6.60. The Kier molecular flexibility index (Phi) is 5.87. The summed E-state index contributed by atoms with van der Waals surface area (Å²) in [5.41, 5.74) is 0. The molecule has 0 saturated heterocycles. The first-order valence-electron chi connectivity index (χ1n) is 6.01. The first-order valence-corrected chi connectivity index (χ1v) is 7.49. The van der Waals surface area contributed by atoms with Crippen molar-refractivity contribution < 1.29 is 13.2 Å². The SMILES string of the molecule is CC(=O)NCCCNS(=O)(=O)NC1CCCC1. The van der Waals surface area contributed by atoms with Crippen molar-refractivity contribution in [3.05, 3.63) is 0 Å². The lowest BCUT2D eigenvalue weighted by atomic mass is 10.3. The summed E-state index contributed by atoms with van der Waals surface area (Å²) in [6, 6.07) is 0.0860. The van der Waals surface area contributed by atoms with E-state index < -0.39 is 10.2 Å². The zero-order valence-corrected chi connectivity index (χ0v) is 11.0. The summed E-state index contributed by atoms with van der Waals surface area (Å²) in [6.45, 7) is 2.26. The van der Waals surface area contributed by atoms with Crippen LogP contribution in [0.1, 0.15) is 39.0 Å². The van der Waals surface area contributed by atoms with Gasteiger partial charge in [0.05, 0.1) is 0 Å². The van der Waals surface area contributed by atoms with Gasteiger partial charge in [-0.15, -0.1) is 0 Å². The molecule has 3 N–H and O–H groups in total. The van der Waals surface area contributed by atoms with Crippen molar-refractivity contribution in [2.24, 2.45) is 0 Å². The predicted molar refractivity (Wildman–Crippen MR) is 65.6 cm³/mol. The molecule has 0 aliphatic heterocycles. The number of rotatable bonds is 7. The summed E-state index contributed by atoms with van der Waals surface area (Å²) in [6.07, 6.45) is 4.62. The van der Waals surface area contributed by atoms with E-state index >= 15 is 0 Å². The fourth-order valence-electron chi connectivity index (χ4n) is 1.86. The van der Waals surface area contributed by atoms with E-state index in [9.17, 15) is 13.2 Å². The van der Waals surface area contributed by atoms with E-state index in [0.29, 0.717) is 19.5 Å². The van der Waals surface area contributed by atoms with Crippen LogP contribution in [0.5, 0.6) is 0 Å². The highest BCUT2D eigenvalue weighted by Crippen LogP contribution is 2.17. The monoisotopic (exact) mass is 263 g/mol. The number of carbonyl (C=O) groups is 1. The molecule has 1 saturated carbocycles. The Hall–Kier alpha value is -0.660. The summed E-state index contributed by atoms with van der Waals surface area (Å²) in [4.78, 5) is 10.6. The molecule has 1 aliphatic rings. The van der Waals surface area contributed by atoms with Crippen molar-refractivity contribution in [3.8, 4) is 0 Å². The van der Waals surface area contributed by atoms with Crippen molar-refractivity contribution in [1.29, 1.82) is 0 Å². The van der Waals surface area contributed by atoms with Gasteiger partial charge in [-0.05, 0) is 19.3 Å². The van der Waals surface area contributed by atoms with Gasteiger partial charge >= 0.3 is 0 Å². The third-order valence-corrected chi connectivity index (χ3v) is 3.92. The topological polar surface area (TPSA) is 87.3 Å². The van der Waals surface area contributed by atoms with E-state index in [4.69, 9.17) is 0 Å². The molecule has 0 unspecified atom stereocenters. The van der Waals surface area contributed by atoms with Crippen LogP contribution in [0, 0.1) is 0 Å². The quantitative estimate of drug-likeness (QED) is 0.560. The van der Waals surface area contributed by atoms with Crippen molar-refractivity contribution in [3.63, 3.8) is 0 Å². The minimum Gasteiger partial charge on any atom is -0.356 e. The van der Waals surface area contributed by atoms with Crippen molar-refractivity contribution in [2.45, 2.75) is 45.1 Å². The van der Waals surface area contributed by atoms with Gasteiger partial charge in [0.2, 0.25) is 5.91 Å². The van der Waals surface area contributed by atoms with E-state index in [1.54, 1.807) is 0 Å². The Morgan fingerprint density at radius 3 is 2.47 bits per heavy atom. The van der Waals surface area contributed by atoms with Crippen LogP contribution >= 0.6 is 0 Å². The summed E-state index contributed by atoms with van der Waals surface area (Å²) in [5.74, 6) is -0.100. The molecule has 0 bridgehead atoms. The summed E-state index contributed by atoms with van der Waals surface area (Å²) in [5, 5.41) is 2.61. The van der Waals surface area contributed by atoms with Crippen LogP contribution in [0.4, 0.5) is 0 Å². The highest BCUT2D eigenvalue weighted by atomic mass is 32.2. The zero-order chi connectivity index (χ0) is 12.7. The Bertz CT molecular complexity index is 337. The Balaban J connectivity index is 2.13. The molecule has 0 atom stereocenters. The predicted octanol–water partition coefficient (Wildman–Crippen LogP) is -0.121. The summed E-state index contributed by atoms with van der Waals surface area (Å²) in [7, 11) is -3.38. The average Bonchev–Trinajstić information content (AvgIpc) is 2.68. The van der Waals surface area contributed by atoms with Crippen molar-refractivity contribution >= 4 is 16.1 Å². The van der Waals surface area contributed by atoms with Gasteiger partial charge in [-0.25, -0.2) is 4.72 Å². The molecular formula is C10H21N3O3S. The lowest BCUT2D eigenvalue weighted by Gasteiger charge is -2.13. The van der Waals surface area contributed by atoms with Crippen LogP contribution in [-0.2, 0) is 15.0 Å². The maximum Gasteiger partial charge on any atom is 0.277 e. The Morgan fingerprint density at radius 2 is 1.88 bits per heavy atom. The van der Waals surface area contributed by atoms with Gasteiger partial charge in [-0.1, -0.05) is 12.8 Å². The van der Waals surface area contributed by atoms with Gasteiger partial charge in [0, 0.05) is 26.1 Å². The van der Waals surface area contributed by atoms with Crippen molar-refractivity contribution in [2.75, 3.05) is 13.1 Å². The van der Waals surface area contributed by atoms with Crippen LogP contribution in [0.3, 0.4) is 0 Å². The second-order valence-corrected chi connectivity index (χ2v) is 5.86. The number of hydrogen-bond donors (Lipinski definition) is 3. The standard InChI is InChI=1S/C10H21N3O3S/c1-9(14)11-7-4-8-12-17(15,16)13-10-5-2-3-6-10/h10,12-13H,2-8H2,1H3,(H,11,14). The largest absolute Gasteiger partial charge is 0.356 e. The molecule has 7 heteroatoms. The van der Waals surface area contributed by atoms with Gasteiger partial charge in [0.25, 0.3) is 10.2 Å². The molecule has 1 amide bonds. The number of amides is 1. The van der Waals surface area contributed by atoms with Gasteiger partial charge in [-0.3, -0.25) is 4.79 Å². The lowest BCUT2D eigenvalue weighted by molar-refractivity contribution is -0.118. The third-order valence-electron chi connectivity index (χ3n) is 2.70. The second-order valence-electron chi connectivity index (χ2n) is 4.33. The molecule has 0 aromatic heterocycles. The van der Waals surface area contributed by atoms with E-state index in [1.165, 1.54) is 6.92 Å². The summed E-state index contributed by atoms with van der Waals surface area (Å²) >= 11 is 0. The first kappa shape index (κ1) is 14.4. The fraction of sp³-hybridized carbons (Fsp3) is 0.900. The van der Waals surface area contributed by atoms with Gasteiger partial charge in [0.15, 0.2) is 0 Å². The number of nitrogens with one attached hydrogen (secondary N) is 3.